The number of aryl methyl sites for hydroxylation is 1. The fraction of sp³-hybridized carbons (Fsp3) is 0.381. The van der Waals surface area contributed by atoms with Crippen molar-refractivity contribution in [2.24, 2.45) is 0 Å². The number of hydrogen-bond donors (Lipinski definition) is 1. The van der Waals surface area contributed by atoms with E-state index < -0.39 is 10.0 Å². The van der Waals surface area contributed by atoms with Gasteiger partial charge >= 0.3 is 0 Å². The molecule has 3 rings (SSSR count). The van der Waals surface area contributed by atoms with Gasteiger partial charge in [-0.15, -0.1) is 4.83 Å². The van der Waals surface area contributed by atoms with Crippen LogP contribution in [0.1, 0.15) is 63.3 Å². The SMILES string of the molecule is CCc1noc2ncc(S(=O)(=O)NN(C=O)c3c(C(C)C)cc(Cl)cc3C(C)C)cc12. The lowest BCUT2D eigenvalue weighted by atomic mass is 9.92. The maximum atomic E-state index is 13.1. The Labute approximate surface area is 186 Å². The monoisotopic (exact) mass is 464 g/mol. The van der Waals surface area contributed by atoms with E-state index in [0.29, 0.717) is 34.6 Å². The van der Waals surface area contributed by atoms with E-state index in [2.05, 4.69) is 15.0 Å². The average molecular weight is 465 g/mol. The molecule has 8 nitrogen and oxygen atoms in total. The second kappa shape index (κ2) is 8.94. The maximum absolute atomic E-state index is 13.1. The van der Waals surface area contributed by atoms with Crippen LogP contribution in [-0.2, 0) is 21.2 Å². The van der Waals surface area contributed by atoms with Crippen LogP contribution in [0, 0.1) is 0 Å². The van der Waals surface area contributed by atoms with Crippen LogP contribution in [0.2, 0.25) is 5.02 Å². The van der Waals surface area contributed by atoms with Crippen molar-refractivity contribution in [1.29, 1.82) is 0 Å². The number of nitrogens with zero attached hydrogens (tertiary/aromatic N) is 3. The van der Waals surface area contributed by atoms with Gasteiger partial charge in [0.25, 0.3) is 15.7 Å². The molecule has 1 amide bonds. The van der Waals surface area contributed by atoms with Crippen molar-refractivity contribution < 1.29 is 17.7 Å². The van der Waals surface area contributed by atoms with Crippen LogP contribution in [0.5, 0.6) is 0 Å². The van der Waals surface area contributed by atoms with E-state index in [1.165, 1.54) is 12.3 Å². The Morgan fingerprint density at radius 1 is 1.16 bits per heavy atom. The Morgan fingerprint density at radius 3 is 2.29 bits per heavy atom. The molecule has 0 bridgehead atoms. The minimum atomic E-state index is -4.13. The summed E-state index contributed by atoms with van der Waals surface area (Å²) >= 11 is 6.29. The molecular formula is C21H25ClN4O4S. The summed E-state index contributed by atoms with van der Waals surface area (Å²) in [6.45, 7) is 9.69. The van der Waals surface area contributed by atoms with E-state index in [4.69, 9.17) is 16.1 Å². The number of halogens is 1. The van der Waals surface area contributed by atoms with Gasteiger partial charge in [0.1, 0.15) is 4.90 Å². The molecular weight excluding hydrogens is 440 g/mol. The van der Waals surface area contributed by atoms with E-state index in [1.54, 1.807) is 12.1 Å². The van der Waals surface area contributed by atoms with Gasteiger partial charge in [-0.1, -0.05) is 51.4 Å². The summed E-state index contributed by atoms with van der Waals surface area (Å²) in [5.41, 5.74) is 2.85. The molecule has 10 heteroatoms. The fourth-order valence-electron chi connectivity index (χ4n) is 3.36. The molecule has 0 spiro atoms. The van der Waals surface area contributed by atoms with Crippen LogP contribution >= 0.6 is 11.6 Å². The first-order valence-electron chi connectivity index (χ1n) is 9.93. The lowest BCUT2D eigenvalue weighted by molar-refractivity contribution is -0.107. The number of fused-ring (bicyclic) bond motifs is 1. The number of sulfonamides is 1. The van der Waals surface area contributed by atoms with Gasteiger partial charge in [-0.2, -0.15) is 0 Å². The van der Waals surface area contributed by atoms with Gasteiger partial charge in [-0.25, -0.2) is 18.4 Å². The van der Waals surface area contributed by atoms with Crippen molar-refractivity contribution in [1.82, 2.24) is 15.0 Å². The number of anilines is 1. The first kappa shape index (κ1) is 23.2. The highest BCUT2D eigenvalue weighted by molar-refractivity contribution is 7.89. The normalized spacial score (nSPS) is 12.1. The first-order valence-corrected chi connectivity index (χ1v) is 11.8. The van der Waals surface area contributed by atoms with Gasteiger partial charge in [0.2, 0.25) is 6.41 Å². The number of carbonyl (C=O) groups is 1. The van der Waals surface area contributed by atoms with E-state index in [1.807, 2.05) is 34.6 Å². The highest BCUT2D eigenvalue weighted by atomic mass is 35.5. The molecule has 31 heavy (non-hydrogen) atoms. The standard InChI is InChI=1S/C21H25ClN4O4S/c1-6-19-18-9-15(10-23-21(18)30-24-19)31(28,29)25-26(11-27)20-16(12(2)3)7-14(22)8-17(20)13(4)5/h7-13,25H,6H2,1-5H3. The van der Waals surface area contributed by atoms with E-state index >= 15 is 0 Å². The molecule has 1 aromatic carbocycles. The minimum absolute atomic E-state index is 0.000267. The van der Waals surface area contributed by atoms with Crippen molar-refractivity contribution >= 4 is 44.8 Å². The zero-order chi connectivity index (χ0) is 22.9. The second-order valence-electron chi connectivity index (χ2n) is 7.82. The van der Waals surface area contributed by atoms with Gasteiger partial charge in [0, 0.05) is 5.02 Å². The third-order valence-corrected chi connectivity index (χ3v) is 6.47. The molecule has 0 aliphatic carbocycles. The zero-order valence-electron chi connectivity index (χ0n) is 18.0. The van der Waals surface area contributed by atoms with E-state index in [-0.39, 0.29) is 22.4 Å². The van der Waals surface area contributed by atoms with Crippen LogP contribution < -0.4 is 9.84 Å². The van der Waals surface area contributed by atoms with Crippen molar-refractivity contribution in [3.8, 4) is 0 Å². The maximum Gasteiger partial charge on any atom is 0.259 e. The number of rotatable bonds is 8. The van der Waals surface area contributed by atoms with Crippen LogP contribution in [0.25, 0.3) is 11.1 Å². The third-order valence-electron chi connectivity index (χ3n) is 4.97. The molecule has 1 N–H and O–H groups in total. The summed E-state index contributed by atoms with van der Waals surface area (Å²) < 4.78 is 31.4. The van der Waals surface area contributed by atoms with Crippen LogP contribution in [0.15, 0.2) is 33.8 Å². The fourth-order valence-corrected chi connectivity index (χ4v) is 4.56. The molecule has 0 saturated heterocycles. The third kappa shape index (κ3) is 4.58. The van der Waals surface area contributed by atoms with Crippen LogP contribution in [0.3, 0.4) is 0 Å². The Morgan fingerprint density at radius 2 is 1.77 bits per heavy atom. The number of carbonyl (C=O) groups excluding carboxylic acids is 1. The van der Waals surface area contributed by atoms with Gasteiger partial charge in [0.15, 0.2) is 0 Å². The largest absolute Gasteiger partial charge is 0.336 e. The summed E-state index contributed by atoms with van der Waals surface area (Å²) in [5, 5.41) is 5.94. The number of hydrogen-bond acceptors (Lipinski definition) is 6. The Bertz CT molecular complexity index is 1190. The molecule has 0 radical (unpaired) electrons. The Balaban J connectivity index is 2.09. The number of hydrazine groups is 1. The topological polar surface area (TPSA) is 105 Å². The molecule has 166 valence electrons. The van der Waals surface area contributed by atoms with Crippen molar-refractivity contribution in [2.75, 3.05) is 5.01 Å². The second-order valence-corrected chi connectivity index (χ2v) is 9.92. The smallest absolute Gasteiger partial charge is 0.259 e. The van der Waals surface area contributed by atoms with E-state index in [9.17, 15) is 13.2 Å². The number of benzene rings is 1. The van der Waals surface area contributed by atoms with Crippen molar-refractivity contribution in [3.63, 3.8) is 0 Å². The first-order chi connectivity index (χ1) is 14.6. The van der Waals surface area contributed by atoms with Crippen molar-refractivity contribution in [2.45, 2.75) is 57.8 Å². The average Bonchev–Trinajstić information content (AvgIpc) is 3.13. The highest BCUT2D eigenvalue weighted by Crippen LogP contribution is 2.37. The minimum Gasteiger partial charge on any atom is -0.336 e. The van der Waals surface area contributed by atoms with Crippen LogP contribution in [-0.4, -0.2) is 25.0 Å². The number of amides is 1. The van der Waals surface area contributed by atoms with Gasteiger partial charge in [0.05, 0.1) is 23.0 Å². The summed E-state index contributed by atoms with van der Waals surface area (Å²) in [4.78, 5) is 18.4. The lowest BCUT2D eigenvalue weighted by Crippen LogP contribution is -2.42. The molecule has 0 aliphatic heterocycles. The molecule has 0 atom stereocenters. The molecule has 0 unspecified atom stereocenters. The molecule has 0 aliphatic rings. The van der Waals surface area contributed by atoms with Gasteiger partial charge < -0.3 is 4.52 Å². The zero-order valence-corrected chi connectivity index (χ0v) is 19.6. The summed E-state index contributed by atoms with van der Waals surface area (Å²) in [5.74, 6) is 0.000533. The number of nitrogens with one attached hydrogen (secondary N) is 1. The lowest BCUT2D eigenvalue weighted by Gasteiger charge is -2.27. The van der Waals surface area contributed by atoms with Gasteiger partial charge in [-0.05, 0) is 47.6 Å². The summed E-state index contributed by atoms with van der Waals surface area (Å²) in [7, 11) is -4.13. The summed E-state index contributed by atoms with van der Waals surface area (Å²) in [6.07, 6.45) is 2.18. The highest BCUT2D eigenvalue weighted by Gasteiger charge is 2.26. The van der Waals surface area contributed by atoms with Crippen molar-refractivity contribution in [3.05, 3.63) is 46.2 Å². The van der Waals surface area contributed by atoms with Crippen LogP contribution in [0.4, 0.5) is 5.69 Å². The van der Waals surface area contributed by atoms with E-state index in [0.717, 1.165) is 16.1 Å². The predicted molar refractivity (Wildman–Crippen MR) is 120 cm³/mol. The van der Waals surface area contributed by atoms with Gasteiger partial charge in [-0.3, -0.25) is 4.79 Å². The molecule has 2 aromatic heterocycles. The quantitative estimate of drug-likeness (QED) is 0.387. The molecule has 2 heterocycles. The number of pyridine rings is 1. The Hall–Kier alpha value is -2.49. The summed E-state index contributed by atoms with van der Waals surface area (Å²) in [6, 6.07) is 4.94. The predicted octanol–water partition coefficient (Wildman–Crippen LogP) is 4.54. The molecule has 0 fully saturated rings. The number of aromatic nitrogens is 2. The molecule has 3 aromatic rings. The Kier molecular flexibility index (Phi) is 6.68. The molecule has 0 saturated carbocycles.